The molecule has 0 fully saturated rings. The van der Waals surface area contributed by atoms with Gasteiger partial charge in [0.2, 0.25) is 5.95 Å². The smallest absolute Gasteiger partial charge is 0.312 e. The third kappa shape index (κ3) is 3.65. The van der Waals surface area contributed by atoms with E-state index in [1.54, 1.807) is 25.2 Å². The second kappa shape index (κ2) is 8.08. The van der Waals surface area contributed by atoms with Crippen molar-refractivity contribution in [1.82, 2.24) is 18.7 Å². The van der Waals surface area contributed by atoms with Crippen LogP contribution >= 0.6 is 23.2 Å². The molecule has 5 rings (SSSR count). The lowest BCUT2D eigenvalue weighted by atomic mass is 10.1. The molecule has 3 heterocycles. The lowest BCUT2D eigenvalue weighted by Gasteiger charge is -2.33. The van der Waals surface area contributed by atoms with E-state index < -0.39 is 5.69 Å². The second-order valence-electron chi connectivity index (χ2n) is 8.73. The average molecular weight is 484 g/mol. The second-order valence-corrected chi connectivity index (χ2v) is 9.55. The molecule has 0 radical (unpaired) electrons. The number of fused-ring (bicyclic) bond motifs is 3. The van der Waals surface area contributed by atoms with Crippen molar-refractivity contribution >= 4 is 46.0 Å². The fourth-order valence-electron chi connectivity index (χ4n) is 4.48. The zero-order valence-corrected chi connectivity index (χ0v) is 20.1. The molecule has 1 aliphatic heterocycles. The number of anilines is 2. The number of benzene rings is 2. The van der Waals surface area contributed by atoms with Crippen LogP contribution in [0.2, 0.25) is 10.0 Å². The molecule has 7 nitrogen and oxygen atoms in total. The molecule has 1 atom stereocenters. The first-order chi connectivity index (χ1) is 15.7. The predicted octanol–water partition coefficient (Wildman–Crippen LogP) is 4.35. The number of imidazole rings is 1. The van der Waals surface area contributed by atoms with Gasteiger partial charge in [-0.05, 0) is 48.2 Å². The molecule has 0 aliphatic carbocycles. The molecule has 0 saturated heterocycles. The van der Waals surface area contributed by atoms with E-state index in [1.165, 1.54) is 9.13 Å². The Morgan fingerprint density at radius 2 is 1.85 bits per heavy atom. The summed E-state index contributed by atoms with van der Waals surface area (Å²) in [6, 6.07) is 13.3. The standard InChI is InChI=1S/C24H23Cl2N5O2/c1-14-5-4-6-17(9-14)29-11-15(2)12-30-20-21(27-23(29)30)28(3)24(33)31(22(20)32)13-16-7-8-18(25)19(26)10-16/h4-10,15H,11-13H2,1-3H3. The Hall–Kier alpha value is -3.03. The first-order valence-corrected chi connectivity index (χ1v) is 11.5. The van der Waals surface area contributed by atoms with Crippen molar-refractivity contribution in [3.63, 3.8) is 0 Å². The van der Waals surface area contributed by atoms with Gasteiger partial charge in [0.15, 0.2) is 11.2 Å². The average Bonchev–Trinajstić information content (AvgIpc) is 3.16. The van der Waals surface area contributed by atoms with E-state index in [1.807, 2.05) is 29.7 Å². The maximum atomic E-state index is 13.6. The molecule has 2 aromatic carbocycles. The SMILES string of the molecule is Cc1cccc(N2CC(C)Cn3c2nc2c3c(=O)n(Cc3ccc(Cl)c(Cl)c3)c(=O)n2C)c1. The topological polar surface area (TPSA) is 65.1 Å². The van der Waals surface area contributed by atoms with E-state index in [2.05, 4.69) is 17.9 Å². The number of aryl methyl sites for hydroxylation is 2. The summed E-state index contributed by atoms with van der Waals surface area (Å²) in [5.74, 6) is 0.962. The minimum absolute atomic E-state index is 0.0933. The molecular weight excluding hydrogens is 461 g/mol. The minimum Gasteiger partial charge on any atom is -0.312 e. The molecule has 1 unspecified atom stereocenters. The predicted molar refractivity (Wildman–Crippen MR) is 132 cm³/mol. The molecule has 2 aromatic heterocycles. The molecular formula is C24H23Cl2N5O2. The molecule has 170 valence electrons. The molecule has 0 saturated carbocycles. The summed E-state index contributed by atoms with van der Waals surface area (Å²) in [4.78, 5) is 33.6. The Morgan fingerprint density at radius 1 is 1.06 bits per heavy atom. The Morgan fingerprint density at radius 3 is 2.58 bits per heavy atom. The van der Waals surface area contributed by atoms with E-state index in [-0.39, 0.29) is 18.0 Å². The van der Waals surface area contributed by atoms with Gasteiger partial charge in [0.25, 0.3) is 5.56 Å². The van der Waals surface area contributed by atoms with E-state index in [9.17, 15) is 9.59 Å². The fraction of sp³-hybridized carbons (Fsp3) is 0.292. The van der Waals surface area contributed by atoms with Crippen LogP contribution < -0.4 is 16.1 Å². The number of aromatic nitrogens is 4. The zero-order valence-electron chi connectivity index (χ0n) is 18.5. The highest BCUT2D eigenvalue weighted by molar-refractivity contribution is 6.42. The quantitative estimate of drug-likeness (QED) is 0.434. The van der Waals surface area contributed by atoms with Crippen LogP contribution in [0, 0.1) is 12.8 Å². The van der Waals surface area contributed by atoms with Gasteiger partial charge >= 0.3 is 5.69 Å². The van der Waals surface area contributed by atoms with Crippen molar-refractivity contribution in [1.29, 1.82) is 0 Å². The normalized spacial score (nSPS) is 15.8. The Balaban J connectivity index is 1.71. The number of hydrogen-bond donors (Lipinski definition) is 0. The van der Waals surface area contributed by atoms with Crippen LogP contribution in [0.4, 0.5) is 11.6 Å². The molecule has 4 aromatic rings. The maximum absolute atomic E-state index is 13.6. The number of rotatable bonds is 3. The summed E-state index contributed by atoms with van der Waals surface area (Å²) in [6.07, 6.45) is 0. The summed E-state index contributed by atoms with van der Waals surface area (Å²) in [6.45, 7) is 5.71. The van der Waals surface area contributed by atoms with Crippen LogP contribution in [0.3, 0.4) is 0 Å². The molecule has 0 spiro atoms. The molecule has 9 heteroatoms. The largest absolute Gasteiger partial charge is 0.332 e. The molecule has 0 amide bonds. The summed E-state index contributed by atoms with van der Waals surface area (Å²) in [7, 11) is 1.65. The van der Waals surface area contributed by atoms with Gasteiger partial charge in [0.1, 0.15) is 0 Å². The van der Waals surface area contributed by atoms with Crippen LogP contribution in [-0.4, -0.2) is 25.2 Å². The monoisotopic (exact) mass is 483 g/mol. The van der Waals surface area contributed by atoms with Gasteiger partial charge in [-0.25, -0.2) is 4.79 Å². The van der Waals surface area contributed by atoms with Crippen molar-refractivity contribution in [2.45, 2.75) is 26.9 Å². The van der Waals surface area contributed by atoms with E-state index >= 15 is 0 Å². The van der Waals surface area contributed by atoms with Gasteiger partial charge in [-0.3, -0.25) is 13.9 Å². The van der Waals surface area contributed by atoms with E-state index in [4.69, 9.17) is 28.2 Å². The molecule has 0 bridgehead atoms. The summed E-state index contributed by atoms with van der Waals surface area (Å²) < 4.78 is 4.62. The van der Waals surface area contributed by atoms with Gasteiger partial charge in [-0.2, -0.15) is 4.98 Å². The van der Waals surface area contributed by atoms with Gasteiger partial charge in [0, 0.05) is 25.8 Å². The van der Waals surface area contributed by atoms with Crippen LogP contribution in [0.25, 0.3) is 11.2 Å². The third-order valence-corrected chi connectivity index (χ3v) is 6.82. The third-order valence-electron chi connectivity index (χ3n) is 6.08. The van der Waals surface area contributed by atoms with Gasteiger partial charge in [-0.15, -0.1) is 0 Å². The Bertz CT molecular complexity index is 1520. The Labute approximate surface area is 200 Å². The van der Waals surface area contributed by atoms with E-state index in [0.717, 1.165) is 23.4 Å². The fourth-order valence-corrected chi connectivity index (χ4v) is 4.80. The van der Waals surface area contributed by atoms with Crippen molar-refractivity contribution in [3.8, 4) is 0 Å². The van der Waals surface area contributed by atoms with Crippen molar-refractivity contribution < 1.29 is 0 Å². The highest BCUT2D eigenvalue weighted by Crippen LogP contribution is 2.33. The maximum Gasteiger partial charge on any atom is 0.332 e. The van der Waals surface area contributed by atoms with Gasteiger partial charge < -0.3 is 9.47 Å². The Kier molecular flexibility index (Phi) is 5.34. The van der Waals surface area contributed by atoms with Crippen molar-refractivity contribution in [2.24, 2.45) is 13.0 Å². The van der Waals surface area contributed by atoms with Crippen molar-refractivity contribution in [2.75, 3.05) is 11.4 Å². The first-order valence-electron chi connectivity index (χ1n) is 10.7. The van der Waals surface area contributed by atoms with Crippen LogP contribution in [0.5, 0.6) is 0 Å². The van der Waals surface area contributed by atoms with Gasteiger partial charge in [0.05, 0.1) is 16.6 Å². The molecule has 0 N–H and O–H groups in total. The number of halogens is 2. The van der Waals surface area contributed by atoms with Crippen LogP contribution in [0.1, 0.15) is 18.1 Å². The highest BCUT2D eigenvalue weighted by atomic mass is 35.5. The van der Waals surface area contributed by atoms with E-state index in [0.29, 0.717) is 33.7 Å². The summed E-state index contributed by atoms with van der Waals surface area (Å²) >= 11 is 12.2. The zero-order chi connectivity index (χ0) is 23.4. The van der Waals surface area contributed by atoms with Gasteiger partial charge in [-0.1, -0.05) is 48.3 Å². The van der Waals surface area contributed by atoms with Crippen LogP contribution in [0.15, 0.2) is 52.1 Å². The number of nitrogens with zero attached hydrogens (tertiary/aromatic N) is 5. The lowest BCUT2D eigenvalue weighted by Crippen LogP contribution is -2.40. The minimum atomic E-state index is -0.427. The molecule has 33 heavy (non-hydrogen) atoms. The van der Waals surface area contributed by atoms with Crippen LogP contribution in [-0.2, 0) is 20.1 Å². The highest BCUT2D eigenvalue weighted by Gasteiger charge is 2.30. The lowest BCUT2D eigenvalue weighted by molar-refractivity contribution is 0.458. The summed E-state index contributed by atoms with van der Waals surface area (Å²) in [5, 5.41) is 0.802. The first kappa shape index (κ1) is 21.8. The van der Waals surface area contributed by atoms with Crippen molar-refractivity contribution in [3.05, 3.63) is 84.5 Å². The molecule has 1 aliphatic rings. The summed E-state index contributed by atoms with van der Waals surface area (Å²) in [5.41, 5.74) is 2.90. The number of hydrogen-bond acceptors (Lipinski definition) is 4.